The molecule has 3 amide bonds. The predicted molar refractivity (Wildman–Crippen MR) is 107 cm³/mol. The Labute approximate surface area is 172 Å². The summed E-state index contributed by atoms with van der Waals surface area (Å²) in [5.41, 5.74) is 1.58. The number of hydrogen-bond acceptors (Lipinski definition) is 3. The number of carbonyl (C=O) groups is 2. The molecule has 1 atom stereocenters. The normalized spacial score (nSPS) is 17.5. The molecule has 0 saturated carbocycles. The van der Waals surface area contributed by atoms with Crippen LogP contribution in [0.1, 0.15) is 22.0 Å². The van der Waals surface area contributed by atoms with Crippen molar-refractivity contribution >= 4 is 17.6 Å². The highest BCUT2D eigenvalue weighted by molar-refractivity contribution is 5.95. The molecule has 1 fully saturated rings. The van der Waals surface area contributed by atoms with Crippen LogP contribution in [0.3, 0.4) is 0 Å². The van der Waals surface area contributed by atoms with Gasteiger partial charge >= 0.3 is 12.2 Å². The first kappa shape index (κ1) is 21.6. The molecule has 30 heavy (non-hydrogen) atoms. The second-order valence-electron chi connectivity index (χ2n) is 7.19. The average molecular weight is 420 g/mol. The first-order valence-corrected chi connectivity index (χ1v) is 9.49. The van der Waals surface area contributed by atoms with Crippen LogP contribution in [0.15, 0.2) is 54.6 Å². The highest BCUT2D eigenvalue weighted by Gasteiger charge is 2.30. The van der Waals surface area contributed by atoms with E-state index in [2.05, 4.69) is 10.2 Å². The molecule has 2 aromatic rings. The largest absolute Gasteiger partial charge is 0.405 e. The van der Waals surface area contributed by atoms with E-state index >= 15 is 0 Å². The van der Waals surface area contributed by atoms with E-state index in [9.17, 15) is 22.8 Å². The van der Waals surface area contributed by atoms with E-state index in [1.54, 1.807) is 4.90 Å². The number of amides is 3. The standard InChI is InChI=1S/C21H23F3N4O2/c1-27-11-12-28(18(13-27)15-5-3-2-4-6-15)20(30)26-17-9-7-16(8-10-17)19(29)25-14-21(22,23)24/h2-10,18H,11-14H2,1H3,(H,25,29)(H,26,30). The lowest BCUT2D eigenvalue weighted by molar-refractivity contribution is -0.123. The molecule has 0 spiro atoms. The Bertz CT molecular complexity index is 872. The molecule has 2 N–H and O–H groups in total. The minimum Gasteiger partial charge on any atom is -0.343 e. The van der Waals surface area contributed by atoms with Crippen molar-refractivity contribution < 1.29 is 22.8 Å². The highest BCUT2D eigenvalue weighted by atomic mass is 19.4. The minimum absolute atomic E-state index is 0.0824. The SMILES string of the molecule is CN1CCN(C(=O)Nc2ccc(C(=O)NCC(F)(F)F)cc2)C(c2ccccc2)C1. The van der Waals surface area contributed by atoms with Crippen molar-refractivity contribution in [3.63, 3.8) is 0 Å². The van der Waals surface area contributed by atoms with Gasteiger partial charge in [-0.05, 0) is 36.9 Å². The van der Waals surface area contributed by atoms with Gasteiger partial charge in [0.25, 0.3) is 5.91 Å². The van der Waals surface area contributed by atoms with Crippen molar-refractivity contribution in [1.82, 2.24) is 15.1 Å². The van der Waals surface area contributed by atoms with Crippen molar-refractivity contribution in [2.75, 3.05) is 38.5 Å². The first-order valence-electron chi connectivity index (χ1n) is 9.49. The lowest BCUT2D eigenvalue weighted by atomic mass is 10.0. The summed E-state index contributed by atoms with van der Waals surface area (Å²) in [6.07, 6.45) is -4.47. The number of likely N-dealkylation sites (N-methyl/N-ethyl adjacent to an activating group) is 1. The zero-order valence-corrected chi connectivity index (χ0v) is 16.4. The Morgan fingerprint density at radius 1 is 1.03 bits per heavy atom. The molecular weight excluding hydrogens is 397 g/mol. The van der Waals surface area contributed by atoms with Gasteiger partial charge in [0.1, 0.15) is 6.54 Å². The van der Waals surface area contributed by atoms with E-state index < -0.39 is 18.6 Å². The van der Waals surface area contributed by atoms with Crippen molar-refractivity contribution in [2.45, 2.75) is 12.2 Å². The molecule has 3 rings (SSSR count). The molecule has 0 aliphatic carbocycles. The van der Waals surface area contributed by atoms with Gasteiger partial charge < -0.3 is 20.4 Å². The second-order valence-corrected chi connectivity index (χ2v) is 7.19. The Morgan fingerprint density at radius 2 is 1.70 bits per heavy atom. The maximum Gasteiger partial charge on any atom is 0.405 e. The highest BCUT2D eigenvalue weighted by Crippen LogP contribution is 2.25. The van der Waals surface area contributed by atoms with Crippen LogP contribution in [0.2, 0.25) is 0 Å². The molecule has 1 unspecified atom stereocenters. The van der Waals surface area contributed by atoms with Crippen LogP contribution in [0.5, 0.6) is 0 Å². The summed E-state index contributed by atoms with van der Waals surface area (Å²) in [4.78, 5) is 28.6. The van der Waals surface area contributed by atoms with Crippen LogP contribution in [0, 0.1) is 0 Å². The lowest BCUT2D eigenvalue weighted by Crippen LogP contribution is -2.50. The lowest BCUT2D eigenvalue weighted by Gasteiger charge is -2.40. The third-order valence-corrected chi connectivity index (χ3v) is 4.88. The number of benzene rings is 2. The monoisotopic (exact) mass is 420 g/mol. The zero-order chi connectivity index (χ0) is 21.7. The Balaban J connectivity index is 1.65. The number of piperazine rings is 1. The van der Waals surface area contributed by atoms with Gasteiger partial charge in [-0.2, -0.15) is 13.2 Å². The fourth-order valence-electron chi connectivity index (χ4n) is 3.31. The summed E-state index contributed by atoms with van der Waals surface area (Å²) < 4.78 is 36.7. The Morgan fingerprint density at radius 3 is 2.33 bits per heavy atom. The smallest absolute Gasteiger partial charge is 0.343 e. The van der Waals surface area contributed by atoms with Gasteiger partial charge in [0, 0.05) is 30.9 Å². The van der Waals surface area contributed by atoms with Crippen LogP contribution in [-0.4, -0.2) is 61.1 Å². The number of carbonyl (C=O) groups excluding carboxylic acids is 2. The molecule has 1 heterocycles. The molecule has 0 bridgehead atoms. The molecule has 0 aromatic heterocycles. The van der Waals surface area contributed by atoms with E-state index in [1.807, 2.05) is 42.7 Å². The van der Waals surface area contributed by atoms with Crippen LogP contribution in [-0.2, 0) is 0 Å². The molecule has 9 heteroatoms. The third kappa shape index (κ3) is 5.73. The molecular formula is C21H23F3N4O2. The molecule has 2 aromatic carbocycles. The number of anilines is 1. The summed E-state index contributed by atoms with van der Waals surface area (Å²) in [6.45, 7) is 0.610. The summed E-state index contributed by atoms with van der Waals surface area (Å²) in [5.74, 6) is -0.826. The summed E-state index contributed by atoms with van der Waals surface area (Å²) >= 11 is 0. The molecule has 1 aliphatic heterocycles. The first-order chi connectivity index (χ1) is 14.2. The van der Waals surface area contributed by atoms with Gasteiger partial charge in [-0.25, -0.2) is 4.79 Å². The van der Waals surface area contributed by atoms with Crippen LogP contribution in [0.25, 0.3) is 0 Å². The quantitative estimate of drug-likeness (QED) is 0.796. The number of halogens is 3. The second kappa shape index (κ2) is 9.17. The van der Waals surface area contributed by atoms with Crippen molar-refractivity contribution in [2.24, 2.45) is 0 Å². The number of rotatable bonds is 4. The minimum atomic E-state index is -4.47. The fraction of sp³-hybridized carbons (Fsp3) is 0.333. The topological polar surface area (TPSA) is 64.7 Å². The zero-order valence-electron chi connectivity index (χ0n) is 16.4. The number of alkyl halides is 3. The van der Waals surface area contributed by atoms with Gasteiger partial charge in [-0.15, -0.1) is 0 Å². The number of urea groups is 1. The van der Waals surface area contributed by atoms with Crippen molar-refractivity contribution in [3.8, 4) is 0 Å². The Kier molecular flexibility index (Phi) is 6.61. The van der Waals surface area contributed by atoms with Crippen LogP contribution < -0.4 is 10.6 Å². The predicted octanol–water partition coefficient (Wildman–Crippen LogP) is 3.50. The molecule has 1 saturated heterocycles. The van der Waals surface area contributed by atoms with E-state index in [0.717, 1.165) is 12.1 Å². The number of nitrogens with zero attached hydrogens (tertiary/aromatic N) is 2. The Hall–Kier alpha value is -3.07. The van der Waals surface area contributed by atoms with Gasteiger partial charge in [-0.3, -0.25) is 4.79 Å². The van der Waals surface area contributed by atoms with E-state index in [1.165, 1.54) is 24.3 Å². The molecule has 160 valence electrons. The van der Waals surface area contributed by atoms with Gasteiger partial charge in [-0.1, -0.05) is 30.3 Å². The third-order valence-electron chi connectivity index (χ3n) is 4.88. The number of nitrogens with one attached hydrogen (secondary N) is 2. The number of hydrogen-bond donors (Lipinski definition) is 2. The molecule has 1 aliphatic rings. The van der Waals surface area contributed by atoms with Gasteiger partial charge in [0.2, 0.25) is 0 Å². The summed E-state index contributed by atoms with van der Waals surface area (Å²) in [7, 11) is 2.01. The maximum absolute atomic E-state index is 12.9. The van der Waals surface area contributed by atoms with E-state index in [-0.39, 0.29) is 17.6 Å². The summed E-state index contributed by atoms with van der Waals surface area (Å²) in [6, 6.07) is 15.1. The molecule has 0 radical (unpaired) electrons. The van der Waals surface area contributed by atoms with Gasteiger partial charge in [0.15, 0.2) is 0 Å². The maximum atomic E-state index is 12.9. The van der Waals surface area contributed by atoms with Crippen molar-refractivity contribution in [3.05, 3.63) is 65.7 Å². The van der Waals surface area contributed by atoms with Gasteiger partial charge in [0.05, 0.1) is 6.04 Å². The van der Waals surface area contributed by atoms with E-state index in [4.69, 9.17) is 0 Å². The van der Waals surface area contributed by atoms with Crippen LogP contribution >= 0.6 is 0 Å². The van der Waals surface area contributed by atoms with E-state index in [0.29, 0.717) is 18.8 Å². The van der Waals surface area contributed by atoms with Crippen molar-refractivity contribution in [1.29, 1.82) is 0 Å². The summed E-state index contributed by atoms with van der Waals surface area (Å²) in [5, 5.41) is 4.62. The van der Waals surface area contributed by atoms with Crippen LogP contribution in [0.4, 0.5) is 23.7 Å². The average Bonchev–Trinajstić information content (AvgIpc) is 2.72. The molecule has 6 nitrogen and oxygen atoms in total. The fourth-order valence-corrected chi connectivity index (χ4v) is 3.31.